The number of ether oxygens (including phenoxy) is 1. The van der Waals surface area contributed by atoms with E-state index in [4.69, 9.17) is 4.74 Å². The summed E-state index contributed by atoms with van der Waals surface area (Å²) in [6.45, 7) is 4.99. The molecule has 0 radical (unpaired) electrons. The van der Waals surface area contributed by atoms with E-state index in [-0.39, 0.29) is 6.03 Å². The maximum absolute atomic E-state index is 12.1. The van der Waals surface area contributed by atoms with E-state index in [1.165, 1.54) is 38.6 Å². The predicted molar refractivity (Wildman–Crippen MR) is 86.9 cm³/mol. The van der Waals surface area contributed by atoms with Crippen LogP contribution in [-0.4, -0.2) is 56.9 Å². The van der Waals surface area contributed by atoms with Gasteiger partial charge in [-0.15, -0.1) is 0 Å². The van der Waals surface area contributed by atoms with Gasteiger partial charge in [-0.3, -0.25) is 0 Å². The van der Waals surface area contributed by atoms with Crippen LogP contribution < -0.4 is 10.6 Å². The SMILES string of the molecule is COCCC1(CNC(=O)N[C@@H]2CCN(CC3CC3)C2)CCC1. The number of nitrogens with one attached hydrogen (secondary N) is 2. The van der Waals surface area contributed by atoms with Gasteiger partial charge in [-0.1, -0.05) is 6.42 Å². The molecule has 2 N–H and O–H groups in total. The Balaban J connectivity index is 1.33. The van der Waals surface area contributed by atoms with Gasteiger partial charge in [0.15, 0.2) is 0 Å². The quantitative estimate of drug-likeness (QED) is 0.721. The first-order chi connectivity index (χ1) is 10.7. The maximum Gasteiger partial charge on any atom is 0.315 e. The summed E-state index contributed by atoms with van der Waals surface area (Å²) in [4.78, 5) is 14.6. The van der Waals surface area contributed by atoms with Gasteiger partial charge in [0.05, 0.1) is 0 Å². The van der Waals surface area contributed by atoms with Crippen molar-refractivity contribution in [3.8, 4) is 0 Å². The number of hydrogen-bond acceptors (Lipinski definition) is 3. The Labute approximate surface area is 134 Å². The molecule has 0 bridgehead atoms. The first-order valence-corrected chi connectivity index (χ1v) is 8.95. The van der Waals surface area contributed by atoms with Crippen LogP contribution in [-0.2, 0) is 4.74 Å². The van der Waals surface area contributed by atoms with E-state index in [2.05, 4.69) is 15.5 Å². The van der Waals surface area contributed by atoms with Crippen LogP contribution in [0.1, 0.15) is 44.9 Å². The molecule has 22 heavy (non-hydrogen) atoms. The number of methoxy groups -OCH3 is 1. The number of likely N-dealkylation sites (tertiary alicyclic amines) is 1. The normalized spacial score (nSPS) is 27.4. The van der Waals surface area contributed by atoms with Gasteiger partial charge >= 0.3 is 6.03 Å². The highest BCUT2D eigenvalue weighted by Crippen LogP contribution is 2.43. The summed E-state index contributed by atoms with van der Waals surface area (Å²) in [5.41, 5.74) is 0.293. The standard InChI is InChI=1S/C17H31N3O2/c1-22-10-8-17(6-2-7-17)13-18-16(21)19-15-5-9-20(12-15)11-14-3-4-14/h14-15H,2-13H2,1H3,(H2,18,19,21)/t15-/m1/s1. The third kappa shape index (κ3) is 4.35. The lowest BCUT2D eigenvalue weighted by molar-refractivity contribution is 0.0711. The van der Waals surface area contributed by atoms with Crippen LogP contribution in [0.5, 0.6) is 0 Å². The molecule has 2 aliphatic carbocycles. The van der Waals surface area contributed by atoms with Crippen LogP contribution in [0.3, 0.4) is 0 Å². The van der Waals surface area contributed by atoms with Gasteiger partial charge in [-0.25, -0.2) is 4.79 Å². The van der Waals surface area contributed by atoms with E-state index in [9.17, 15) is 4.79 Å². The van der Waals surface area contributed by atoms with Gasteiger partial charge in [-0.05, 0) is 49.9 Å². The molecule has 1 saturated heterocycles. The highest BCUT2D eigenvalue weighted by atomic mass is 16.5. The molecular weight excluding hydrogens is 278 g/mol. The third-order valence-electron chi connectivity index (χ3n) is 5.70. The van der Waals surface area contributed by atoms with Crippen LogP contribution in [0.15, 0.2) is 0 Å². The lowest BCUT2D eigenvalue weighted by atomic mass is 9.67. The Bertz CT molecular complexity index is 380. The molecule has 5 heteroatoms. The minimum atomic E-state index is 0.0157. The molecule has 0 aromatic heterocycles. The van der Waals surface area contributed by atoms with Gasteiger partial charge in [-0.2, -0.15) is 0 Å². The average molecular weight is 309 g/mol. The summed E-state index contributed by atoms with van der Waals surface area (Å²) >= 11 is 0. The molecule has 2 amide bonds. The van der Waals surface area contributed by atoms with Crippen molar-refractivity contribution in [3.63, 3.8) is 0 Å². The number of amides is 2. The van der Waals surface area contributed by atoms with Gasteiger partial charge in [0.2, 0.25) is 0 Å². The summed E-state index contributed by atoms with van der Waals surface area (Å²) in [6, 6.07) is 0.344. The third-order valence-corrected chi connectivity index (χ3v) is 5.70. The molecular formula is C17H31N3O2. The van der Waals surface area contributed by atoms with Crippen molar-refractivity contribution in [2.24, 2.45) is 11.3 Å². The summed E-state index contributed by atoms with van der Waals surface area (Å²) in [6.07, 6.45) is 8.67. The van der Waals surface area contributed by atoms with E-state index >= 15 is 0 Å². The van der Waals surface area contributed by atoms with Crippen molar-refractivity contribution in [1.29, 1.82) is 0 Å². The monoisotopic (exact) mass is 309 g/mol. The zero-order valence-electron chi connectivity index (χ0n) is 13.9. The van der Waals surface area contributed by atoms with Crippen molar-refractivity contribution in [2.45, 2.75) is 51.0 Å². The fourth-order valence-corrected chi connectivity index (χ4v) is 3.80. The molecule has 1 heterocycles. The zero-order valence-corrected chi connectivity index (χ0v) is 13.9. The number of carbonyl (C=O) groups is 1. The molecule has 0 spiro atoms. The number of urea groups is 1. The maximum atomic E-state index is 12.1. The van der Waals surface area contributed by atoms with E-state index in [1.54, 1.807) is 7.11 Å². The molecule has 3 fully saturated rings. The van der Waals surface area contributed by atoms with Crippen molar-refractivity contribution >= 4 is 6.03 Å². The van der Waals surface area contributed by atoms with Crippen molar-refractivity contribution in [2.75, 3.05) is 39.9 Å². The Morgan fingerprint density at radius 1 is 1.32 bits per heavy atom. The fourth-order valence-electron chi connectivity index (χ4n) is 3.80. The minimum absolute atomic E-state index is 0.0157. The van der Waals surface area contributed by atoms with Crippen LogP contribution in [0.2, 0.25) is 0 Å². The Morgan fingerprint density at radius 3 is 2.77 bits per heavy atom. The first kappa shape index (κ1) is 16.1. The molecule has 0 aromatic rings. The molecule has 1 atom stereocenters. The first-order valence-electron chi connectivity index (χ1n) is 8.95. The summed E-state index contributed by atoms with van der Waals surface area (Å²) in [5, 5.41) is 6.26. The molecule has 0 unspecified atom stereocenters. The molecule has 2 saturated carbocycles. The van der Waals surface area contributed by atoms with E-state index in [1.807, 2.05) is 0 Å². The molecule has 1 aliphatic heterocycles. The summed E-state index contributed by atoms with van der Waals surface area (Å²) < 4.78 is 5.20. The van der Waals surface area contributed by atoms with Crippen molar-refractivity contribution in [3.05, 3.63) is 0 Å². The van der Waals surface area contributed by atoms with Gasteiger partial charge in [0.1, 0.15) is 0 Å². The average Bonchev–Trinajstić information content (AvgIpc) is 3.16. The lowest BCUT2D eigenvalue weighted by Gasteiger charge is -2.42. The molecule has 3 aliphatic rings. The molecule has 5 nitrogen and oxygen atoms in total. The summed E-state index contributed by atoms with van der Waals surface area (Å²) in [7, 11) is 1.75. The van der Waals surface area contributed by atoms with Gasteiger partial charge in [0, 0.05) is 45.9 Å². The van der Waals surface area contributed by atoms with Crippen molar-refractivity contribution < 1.29 is 9.53 Å². The lowest BCUT2D eigenvalue weighted by Crippen LogP contribution is -2.49. The van der Waals surface area contributed by atoms with Crippen LogP contribution in [0.25, 0.3) is 0 Å². The highest BCUT2D eigenvalue weighted by Gasteiger charge is 2.37. The van der Waals surface area contributed by atoms with Crippen LogP contribution in [0, 0.1) is 11.3 Å². The second kappa shape index (κ2) is 7.18. The largest absolute Gasteiger partial charge is 0.385 e. The fraction of sp³-hybridized carbons (Fsp3) is 0.941. The van der Waals surface area contributed by atoms with E-state index in [0.717, 1.165) is 45.0 Å². The van der Waals surface area contributed by atoms with Gasteiger partial charge < -0.3 is 20.3 Å². The number of rotatable bonds is 8. The minimum Gasteiger partial charge on any atom is -0.385 e. The second-order valence-electron chi connectivity index (χ2n) is 7.61. The number of carbonyl (C=O) groups excluding carboxylic acids is 1. The molecule has 126 valence electrons. The number of hydrogen-bond donors (Lipinski definition) is 2. The molecule has 3 rings (SSSR count). The van der Waals surface area contributed by atoms with E-state index < -0.39 is 0 Å². The topological polar surface area (TPSA) is 53.6 Å². The van der Waals surface area contributed by atoms with E-state index in [0.29, 0.717) is 11.5 Å². The highest BCUT2D eigenvalue weighted by molar-refractivity contribution is 5.74. The van der Waals surface area contributed by atoms with Crippen LogP contribution in [0.4, 0.5) is 4.79 Å². The Kier molecular flexibility index (Phi) is 5.24. The van der Waals surface area contributed by atoms with Crippen molar-refractivity contribution in [1.82, 2.24) is 15.5 Å². The van der Waals surface area contributed by atoms with Gasteiger partial charge in [0.25, 0.3) is 0 Å². The smallest absolute Gasteiger partial charge is 0.315 e. The van der Waals surface area contributed by atoms with Crippen LogP contribution >= 0.6 is 0 Å². The number of nitrogens with zero attached hydrogens (tertiary/aromatic N) is 1. The summed E-state index contributed by atoms with van der Waals surface area (Å²) in [5.74, 6) is 0.937. The second-order valence-corrected chi connectivity index (χ2v) is 7.61. The predicted octanol–water partition coefficient (Wildman–Crippen LogP) is 1.98. The zero-order chi connectivity index (χ0) is 15.4. The Hall–Kier alpha value is -0.810. The molecule has 0 aromatic carbocycles. The Morgan fingerprint density at radius 2 is 2.14 bits per heavy atom.